The molecule has 44 heavy (non-hydrogen) atoms. The highest BCUT2D eigenvalue weighted by molar-refractivity contribution is 6.27. The van der Waals surface area contributed by atoms with Gasteiger partial charge in [0.25, 0.3) is 0 Å². The van der Waals surface area contributed by atoms with E-state index in [0.29, 0.717) is 11.1 Å². The summed E-state index contributed by atoms with van der Waals surface area (Å²) in [4.78, 5) is 0. The van der Waals surface area contributed by atoms with Crippen LogP contribution in [0.4, 0.5) is 0 Å². The van der Waals surface area contributed by atoms with Gasteiger partial charge in [-0.1, -0.05) is 84.9 Å². The molecule has 9 rings (SSSR count). The van der Waals surface area contributed by atoms with Gasteiger partial charge in [0, 0.05) is 0 Å². The monoisotopic (exact) mass is 554 g/mol. The number of hydrogen-bond donors (Lipinski definition) is 0. The highest BCUT2D eigenvalue weighted by atomic mass is 14.3. The molecule has 0 aromatic heterocycles. The lowest BCUT2D eigenvalue weighted by molar-refractivity contribution is 1.48. The average Bonchev–Trinajstić information content (AvgIpc) is 3.41. The summed E-state index contributed by atoms with van der Waals surface area (Å²) in [7, 11) is 0. The Hall–Kier alpha value is -6.22. The van der Waals surface area contributed by atoms with Crippen LogP contribution in [-0.4, -0.2) is 0 Å². The number of rotatable bonds is 2. The number of hydrogen-bond acceptors (Lipinski definition) is 2. The lowest BCUT2D eigenvalue weighted by Crippen LogP contribution is -1.91. The van der Waals surface area contributed by atoms with Crippen molar-refractivity contribution in [2.24, 2.45) is 0 Å². The van der Waals surface area contributed by atoms with Crippen LogP contribution >= 0.6 is 0 Å². The van der Waals surface area contributed by atoms with Crippen molar-refractivity contribution in [2.45, 2.75) is 0 Å². The molecule has 1 aliphatic rings. The normalized spacial score (nSPS) is 11.6. The van der Waals surface area contributed by atoms with Crippen molar-refractivity contribution in [2.75, 3.05) is 0 Å². The van der Waals surface area contributed by atoms with Crippen LogP contribution in [0.25, 0.3) is 87.6 Å². The van der Waals surface area contributed by atoms with Gasteiger partial charge >= 0.3 is 0 Å². The van der Waals surface area contributed by atoms with Gasteiger partial charge in [0.05, 0.1) is 23.3 Å². The van der Waals surface area contributed by atoms with Crippen molar-refractivity contribution >= 4 is 43.1 Å². The number of fused-ring (bicyclic) bond motifs is 8. The third-order valence-corrected chi connectivity index (χ3v) is 9.25. The molecule has 0 bridgehead atoms. The van der Waals surface area contributed by atoms with Gasteiger partial charge < -0.3 is 0 Å². The van der Waals surface area contributed by atoms with Gasteiger partial charge in [0.15, 0.2) is 0 Å². The molecular weight excluding hydrogens is 532 g/mol. The minimum atomic E-state index is 0.652. The van der Waals surface area contributed by atoms with Crippen LogP contribution in [0, 0.1) is 22.7 Å². The fourth-order valence-electron chi connectivity index (χ4n) is 7.21. The molecule has 8 aromatic rings. The first-order valence-corrected chi connectivity index (χ1v) is 14.7. The zero-order chi connectivity index (χ0) is 29.4. The van der Waals surface area contributed by atoms with Crippen molar-refractivity contribution in [3.05, 3.63) is 145 Å². The van der Waals surface area contributed by atoms with Crippen LogP contribution in [0.1, 0.15) is 11.1 Å². The molecule has 0 amide bonds. The topological polar surface area (TPSA) is 47.6 Å². The smallest absolute Gasteiger partial charge is 0.0991 e. The van der Waals surface area contributed by atoms with Gasteiger partial charge in [-0.15, -0.1) is 0 Å². The van der Waals surface area contributed by atoms with Crippen LogP contribution in [0.5, 0.6) is 0 Å². The molecule has 0 atom stereocenters. The molecule has 0 spiro atoms. The minimum absolute atomic E-state index is 0.652. The van der Waals surface area contributed by atoms with E-state index in [1.54, 1.807) is 0 Å². The van der Waals surface area contributed by atoms with E-state index in [-0.39, 0.29) is 0 Å². The Kier molecular flexibility index (Phi) is 5.06. The van der Waals surface area contributed by atoms with Crippen molar-refractivity contribution in [3.63, 3.8) is 0 Å². The minimum Gasteiger partial charge on any atom is -0.192 e. The highest BCUT2D eigenvalue weighted by Crippen LogP contribution is 2.51. The first kappa shape index (κ1) is 24.4. The van der Waals surface area contributed by atoms with E-state index in [1.165, 1.54) is 65.3 Å². The largest absolute Gasteiger partial charge is 0.192 e. The zero-order valence-electron chi connectivity index (χ0n) is 23.6. The molecule has 0 N–H and O–H groups in total. The van der Waals surface area contributed by atoms with Gasteiger partial charge in [-0.3, -0.25) is 0 Å². The number of nitriles is 2. The summed E-state index contributed by atoms with van der Waals surface area (Å²) in [6.45, 7) is 0. The Morgan fingerprint density at radius 2 is 0.795 bits per heavy atom. The van der Waals surface area contributed by atoms with Crippen LogP contribution in [0.3, 0.4) is 0 Å². The van der Waals surface area contributed by atoms with Crippen molar-refractivity contribution in [3.8, 4) is 56.6 Å². The van der Waals surface area contributed by atoms with E-state index < -0.39 is 0 Å². The van der Waals surface area contributed by atoms with E-state index >= 15 is 0 Å². The molecule has 0 fully saturated rings. The van der Waals surface area contributed by atoms with E-state index in [2.05, 4.69) is 121 Å². The van der Waals surface area contributed by atoms with Gasteiger partial charge in [-0.2, -0.15) is 10.5 Å². The summed E-state index contributed by atoms with van der Waals surface area (Å²) >= 11 is 0. The van der Waals surface area contributed by atoms with Gasteiger partial charge in [-0.25, -0.2) is 0 Å². The summed E-state index contributed by atoms with van der Waals surface area (Å²) in [5.41, 5.74) is 10.9. The van der Waals surface area contributed by atoms with Gasteiger partial charge in [0.1, 0.15) is 0 Å². The van der Waals surface area contributed by atoms with Crippen LogP contribution in [-0.2, 0) is 0 Å². The molecule has 0 aliphatic heterocycles. The van der Waals surface area contributed by atoms with E-state index in [0.717, 1.165) is 22.3 Å². The van der Waals surface area contributed by atoms with E-state index in [4.69, 9.17) is 0 Å². The van der Waals surface area contributed by atoms with Crippen LogP contribution < -0.4 is 0 Å². The van der Waals surface area contributed by atoms with E-state index in [9.17, 15) is 10.5 Å². The Labute approximate surface area is 254 Å². The van der Waals surface area contributed by atoms with Crippen molar-refractivity contribution in [1.82, 2.24) is 0 Å². The summed E-state index contributed by atoms with van der Waals surface area (Å²) in [5.74, 6) is 0. The Morgan fingerprint density at radius 1 is 0.341 bits per heavy atom. The summed E-state index contributed by atoms with van der Waals surface area (Å²) in [5, 5.41) is 28.6. The molecule has 8 aromatic carbocycles. The summed E-state index contributed by atoms with van der Waals surface area (Å²) < 4.78 is 0. The Morgan fingerprint density at radius 3 is 1.36 bits per heavy atom. The molecule has 200 valence electrons. The Balaban J connectivity index is 1.45. The maximum atomic E-state index is 9.48. The second-order valence-electron chi connectivity index (χ2n) is 11.5. The lowest BCUT2D eigenvalue weighted by atomic mass is 9.86. The molecule has 2 heteroatoms. The summed E-state index contributed by atoms with van der Waals surface area (Å²) in [6, 6.07) is 51.6. The third kappa shape index (κ3) is 3.40. The maximum absolute atomic E-state index is 9.48. The standard InChI is InChI=1S/C42H22N2/c43-23-25-11-15-27(16-12-25)34-19-40-36(31-8-2-1-7-30(31)34)20-35(28-17-13-26(24-44)14-18-28)39-21-37-32-9-3-5-29-6-4-10-33(42(29)32)38(37)22-41(39)40/h1-22H. The zero-order valence-corrected chi connectivity index (χ0v) is 23.6. The van der Waals surface area contributed by atoms with Crippen molar-refractivity contribution < 1.29 is 0 Å². The molecule has 0 radical (unpaired) electrons. The molecule has 0 saturated carbocycles. The average molecular weight is 555 g/mol. The van der Waals surface area contributed by atoms with E-state index in [1.807, 2.05) is 24.3 Å². The predicted molar refractivity (Wildman–Crippen MR) is 181 cm³/mol. The Bertz CT molecular complexity index is 2590. The highest BCUT2D eigenvalue weighted by Gasteiger charge is 2.24. The summed E-state index contributed by atoms with van der Waals surface area (Å²) in [6.07, 6.45) is 0. The van der Waals surface area contributed by atoms with Crippen LogP contribution in [0.2, 0.25) is 0 Å². The fraction of sp³-hybridized carbons (Fsp3) is 0. The SMILES string of the molecule is N#Cc1ccc(-c2cc3c4cc5c(cc4c(-c4ccc(C#N)cc4)cc3c3ccccc23)-c2cccc3cccc-5c23)cc1. The van der Waals surface area contributed by atoms with Crippen molar-refractivity contribution in [1.29, 1.82) is 10.5 Å². The fourth-order valence-corrected chi connectivity index (χ4v) is 7.21. The predicted octanol–water partition coefficient (Wildman–Crippen LogP) is 11.0. The molecule has 2 nitrogen and oxygen atoms in total. The van der Waals surface area contributed by atoms with Gasteiger partial charge in [0.2, 0.25) is 0 Å². The second kappa shape index (κ2) is 9.14. The molecule has 0 unspecified atom stereocenters. The lowest BCUT2D eigenvalue weighted by Gasteiger charge is -2.17. The van der Waals surface area contributed by atoms with Gasteiger partial charge in [-0.05, 0) is 136 Å². The molecule has 0 saturated heterocycles. The van der Waals surface area contributed by atoms with Crippen LogP contribution in [0.15, 0.2) is 133 Å². The quantitative estimate of drug-likeness (QED) is 0.200. The number of benzene rings is 8. The molecule has 0 heterocycles. The first-order valence-electron chi connectivity index (χ1n) is 14.7. The molecular formula is C42H22N2. The third-order valence-electron chi connectivity index (χ3n) is 9.25. The second-order valence-corrected chi connectivity index (χ2v) is 11.5. The maximum Gasteiger partial charge on any atom is 0.0991 e. The first-order chi connectivity index (χ1) is 21.7. The number of nitrogens with zero attached hydrogens (tertiary/aromatic N) is 2. The molecule has 1 aliphatic carbocycles.